The Morgan fingerprint density at radius 3 is 2.25 bits per heavy atom. The fourth-order valence-electron chi connectivity index (χ4n) is 3.56. The third-order valence-corrected chi connectivity index (χ3v) is 8.40. The average Bonchev–Trinajstić information content (AvgIpc) is 3.27. The van der Waals surface area contributed by atoms with Crippen LogP contribution in [0.25, 0.3) is 11.1 Å². The van der Waals surface area contributed by atoms with Gasteiger partial charge in [0.1, 0.15) is 11.6 Å². The van der Waals surface area contributed by atoms with Gasteiger partial charge >= 0.3 is 0 Å². The van der Waals surface area contributed by atoms with Crippen molar-refractivity contribution in [2.45, 2.75) is 44.5 Å². The van der Waals surface area contributed by atoms with E-state index in [1.54, 1.807) is 61.5 Å². The summed E-state index contributed by atoms with van der Waals surface area (Å²) in [4.78, 5) is 30.4. The molecule has 0 bridgehead atoms. The summed E-state index contributed by atoms with van der Waals surface area (Å²) in [6.45, 7) is 3.17. The number of nitrogens with one attached hydrogen (secondary N) is 2. The van der Waals surface area contributed by atoms with Crippen LogP contribution in [-0.2, 0) is 30.4 Å². The number of amides is 1. The van der Waals surface area contributed by atoms with E-state index in [1.165, 1.54) is 6.92 Å². The molecule has 0 radical (unpaired) electrons. The number of ketones is 1. The summed E-state index contributed by atoms with van der Waals surface area (Å²) in [5.41, 5.74) is 1.39. The van der Waals surface area contributed by atoms with Crippen molar-refractivity contribution in [2.75, 3.05) is 11.5 Å². The first-order chi connectivity index (χ1) is 17.0. The van der Waals surface area contributed by atoms with Gasteiger partial charge in [0.25, 0.3) is 5.89 Å². The lowest BCUT2D eigenvalue weighted by Crippen LogP contribution is -2.54. The van der Waals surface area contributed by atoms with Crippen LogP contribution in [0.1, 0.15) is 42.9 Å². The van der Waals surface area contributed by atoms with E-state index in [0.29, 0.717) is 23.1 Å². The maximum atomic E-state index is 13.2. The second-order valence-electron chi connectivity index (χ2n) is 8.31. The van der Waals surface area contributed by atoms with Crippen molar-refractivity contribution >= 4 is 42.7 Å². The Morgan fingerprint density at radius 1 is 0.944 bits per heavy atom. The molecule has 3 rings (SSSR count). The number of rotatable bonds is 13. The van der Waals surface area contributed by atoms with Crippen LogP contribution < -0.4 is 10.0 Å². The SMILES string of the molecule is CCC[C@H](NC(=O)[C@H](CS(=O)(=O)Cc1ccccc1)NS(=O)(=O)CC)C(=O)c1nc2ccccc2o1. The summed E-state index contributed by atoms with van der Waals surface area (Å²) in [6, 6.07) is 12.4. The van der Waals surface area contributed by atoms with Gasteiger partial charge in [-0.2, -0.15) is 0 Å². The van der Waals surface area contributed by atoms with Crippen LogP contribution >= 0.6 is 0 Å². The molecular formula is C24H29N3O7S2. The summed E-state index contributed by atoms with van der Waals surface area (Å²) in [5.74, 6) is -3.21. The third kappa shape index (κ3) is 7.45. The van der Waals surface area contributed by atoms with Crippen LogP contribution in [-0.4, -0.2) is 57.1 Å². The first-order valence-corrected chi connectivity index (χ1v) is 15.0. The van der Waals surface area contributed by atoms with Crippen LogP contribution in [0.4, 0.5) is 0 Å². The second kappa shape index (κ2) is 11.8. The molecule has 0 saturated heterocycles. The Morgan fingerprint density at radius 2 is 1.61 bits per heavy atom. The molecule has 2 aromatic carbocycles. The lowest BCUT2D eigenvalue weighted by molar-refractivity contribution is -0.122. The molecule has 10 nitrogen and oxygen atoms in total. The van der Waals surface area contributed by atoms with E-state index in [2.05, 4.69) is 15.0 Å². The zero-order valence-corrected chi connectivity index (χ0v) is 21.6. The molecule has 1 amide bonds. The van der Waals surface area contributed by atoms with Crippen molar-refractivity contribution < 1.29 is 30.8 Å². The van der Waals surface area contributed by atoms with Crippen LogP contribution in [0, 0.1) is 0 Å². The van der Waals surface area contributed by atoms with Crippen molar-refractivity contribution in [3.05, 3.63) is 66.1 Å². The van der Waals surface area contributed by atoms with Crippen LogP contribution in [0.2, 0.25) is 0 Å². The molecule has 0 aliphatic carbocycles. The molecule has 194 valence electrons. The molecule has 12 heteroatoms. The highest BCUT2D eigenvalue weighted by molar-refractivity contribution is 7.91. The number of nitrogens with zero attached hydrogens (tertiary/aromatic N) is 1. The maximum absolute atomic E-state index is 13.2. The molecule has 1 aromatic heterocycles. The average molecular weight is 536 g/mol. The minimum absolute atomic E-state index is 0.197. The Bertz CT molecular complexity index is 1390. The maximum Gasteiger partial charge on any atom is 0.266 e. The number of aromatic nitrogens is 1. The standard InChI is InChI=1S/C24H29N3O7S2/c1-3-10-19(22(28)24-26-18-13-8-9-14-21(18)34-24)25-23(29)20(27-36(32,33)4-2)16-35(30,31)15-17-11-6-5-7-12-17/h5-9,11-14,19-20,27H,3-4,10,15-16H2,1-2H3,(H,25,29)/t19-,20-/m0/s1. The largest absolute Gasteiger partial charge is 0.434 e. The second-order valence-corrected chi connectivity index (χ2v) is 12.5. The van der Waals surface area contributed by atoms with Crippen molar-refractivity contribution in [1.29, 1.82) is 0 Å². The smallest absolute Gasteiger partial charge is 0.266 e. The molecule has 0 saturated carbocycles. The first-order valence-electron chi connectivity index (χ1n) is 11.5. The van der Waals surface area contributed by atoms with Crippen LogP contribution in [0.15, 0.2) is 59.0 Å². The van der Waals surface area contributed by atoms with E-state index in [1.807, 2.05) is 0 Å². The van der Waals surface area contributed by atoms with Crippen molar-refractivity contribution in [1.82, 2.24) is 15.0 Å². The summed E-state index contributed by atoms with van der Waals surface area (Å²) < 4.78 is 57.9. The molecule has 3 aromatic rings. The number of hydrogen-bond acceptors (Lipinski definition) is 8. The number of fused-ring (bicyclic) bond motifs is 1. The fourth-order valence-corrected chi connectivity index (χ4v) is 6.02. The number of carbonyl (C=O) groups is 2. The molecule has 0 spiro atoms. The third-order valence-electron chi connectivity index (χ3n) is 5.38. The predicted octanol–water partition coefficient (Wildman–Crippen LogP) is 2.22. The number of benzene rings is 2. The number of oxazole rings is 1. The zero-order valence-electron chi connectivity index (χ0n) is 20.0. The van der Waals surface area contributed by atoms with E-state index in [9.17, 15) is 26.4 Å². The summed E-state index contributed by atoms with van der Waals surface area (Å²) in [6.07, 6.45) is 0.724. The van der Waals surface area contributed by atoms with E-state index in [4.69, 9.17) is 4.42 Å². The van der Waals surface area contributed by atoms with Crippen LogP contribution in [0.5, 0.6) is 0 Å². The summed E-state index contributed by atoms with van der Waals surface area (Å²) in [5, 5.41) is 2.51. The minimum Gasteiger partial charge on any atom is -0.434 e. The Hall–Kier alpha value is -3.09. The zero-order chi connectivity index (χ0) is 26.3. The normalized spacial score (nSPS) is 13.8. The number of carbonyl (C=O) groups excluding carboxylic acids is 2. The number of Topliss-reactive ketones (excluding diaryl/α,β-unsaturated/α-hetero) is 1. The molecule has 0 aliphatic heterocycles. The molecule has 36 heavy (non-hydrogen) atoms. The van der Waals surface area contributed by atoms with E-state index in [0.717, 1.165) is 0 Å². The Balaban J connectivity index is 1.83. The van der Waals surface area contributed by atoms with Gasteiger partial charge in [-0.3, -0.25) is 9.59 Å². The van der Waals surface area contributed by atoms with Crippen LogP contribution in [0.3, 0.4) is 0 Å². The number of para-hydroxylation sites is 2. The topological polar surface area (TPSA) is 153 Å². The molecule has 0 fully saturated rings. The van der Waals surface area contributed by atoms with Gasteiger partial charge in [-0.25, -0.2) is 26.5 Å². The van der Waals surface area contributed by atoms with Gasteiger partial charge in [-0.1, -0.05) is 55.8 Å². The van der Waals surface area contributed by atoms with Crippen molar-refractivity contribution in [2.24, 2.45) is 0 Å². The first kappa shape index (κ1) is 27.5. The molecule has 0 aliphatic rings. The number of hydrogen-bond donors (Lipinski definition) is 2. The van der Waals surface area contributed by atoms with Gasteiger partial charge < -0.3 is 9.73 Å². The molecule has 0 unspecified atom stereocenters. The molecule has 1 heterocycles. The number of sulfonamides is 1. The highest BCUT2D eigenvalue weighted by atomic mass is 32.2. The van der Waals surface area contributed by atoms with Gasteiger partial charge in [-0.05, 0) is 31.0 Å². The van der Waals surface area contributed by atoms with Crippen molar-refractivity contribution in [3.8, 4) is 0 Å². The summed E-state index contributed by atoms with van der Waals surface area (Å²) in [7, 11) is -7.84. The highest BCUT2D eigenvalue weighted by Gasteiger charge is 2.33. The lowest BCUT2D eigenvalue weighted by Gasteiger charge is -2.22. The molecule has 2 N–H and O–H groups in total. The highest BCUT2D eigenvalue weighted by Crippen LogP contribution is 2.17. The minimum atomic E-state index is -3.94. The molecule has 2 atom stereocenters. The van der Waals surface area contributed by atoms with E-state index >= 15 is 0 Å². The number of sulfone groups is 1. The van der Waals surface area contributed by atoms with Crippen molar-refractivity contribution in [3.63, 3.8) is 0 Å². The van der Waals surface area contributed by atoms with Gasteiger partial charge in [0.15, 0.2) is 15.4 Å². The quantitative estimate of drug-likeness (QED) is 0.316. The Kier molecular flexibility index (Phi) is 8.98. The fraction of sp³-hybridized carbons (Fsp3) is 0.375. The monoisotopic (exact) mass is 535 g/mol. The van der Waals surface area contributed by atoms with E-state index < -0.39 is 49.4 Å². The van der Waals surface area contributed by atoms with Gasteiger partial charge in [0.2, 0.25) is 21.7 Å². The Labute approximate surface area is 210 Å². The van der Waals surface area contributed by atoms with Gasteiger partial charge in [-0.15, -0.1) is 0 Å². The molecular weight excluding hydrogens is 506 g/mol. The van der Waals surface area contributed by atoms with Gasteiger partial charge in [0, 0.05) is 0 Å². The summed E-state index contributed by atoms with van der Waals surface area (Å²) >= 11 is 0. The van der Waals surface area contributed by atoms with Gasteiger partial charge in [0.05, 0.1) is 23.3 Å². The lowest BCUT2D eigenvalue weighted by atomic mass is 10.1. The predicted molar refractivity (Wildman–Crippen MR) is 135 cm³/mol. The van der Waals surface area contributed by atoms with E-state index in [-0.39, 0.29) is 23.8 Å².